The zero-order chi connectivity index (χ0) is 19.3. The maximum atomic E-state index is 6.66. The van der Waals surface area contributed by atoms with Gasteiger partial charge in [-0.1, -0.05) is 87.5 Å². The first kappa shape index (κ1) is 20.1. The summed E-state index contributed by atoms with van der Waals surface area (Å²) in [5.74, 6) is 1.99. The lowest BCUT2D eigenvalue weighted by Crippen LogP contribution is -2.46. The molecule has 3 unspecified atom stereocenters. The number of hydrogen-bond donors (Lipinski definition) is 0. The SMILES string of the molecule is C=CC1CCC(CO[Si](c2ccccc2)c2ccccc2)CC1C(C)(C)C. The van der Waals surface area contributed by atoms with Gasteiger partial charge in [-0.05, 0) is 52.8 Å². The van der Waals surface area contributed by atoms with Crippen LogP contribution in [0.4, 0.5) is 0 Å². The van der Waals surface area contributed by atoms with E-state index in [1.54, 1.807) is 0 Å². The lowest BCUT2D eigenvalue weighted by molar-refractivity contribution is 0.0787. The van der Waals surface area contributed by atoms with E-state index in [0.29, 0.717) is 23.2 Å². The summed E-state index contributed by atoms with van der Waals surface area (Å²) in [6.45, 7) is 12.1. The average molecular weight is 378 g/mol. The van der Waals surface area contributed by atoms with E-state index < -0.39 is 9.04 Å². The van der Waals surface area contributed by atoms with Crippen LogP contribution in [-0.2, 0) is 4.43 Å². The van der Waals surface area contributed by atoms with Crippen LogP contribution in [0.3, 0.4) is 0 Å². The van der Waals surface area contributed by atoms with Crippen LogP contribution in [0.2, 0.25) is 0 Å². The van der Waals surface area contributed by atoms with E-state index >= 15 is 0 Å². The zero-order valence-electron chi connectivity index (χ0n) is 17.0. The van der Waals surface area contributed by atoms with Gasteiger partial charge < -0.3 is 4.43 Å². The second-order valence-corrected chi connectivity index (χ2v) is 11.0. The lowest BCUT2D eigenvalue weighted by atomic mass is 9.64. The van der Waals surface area contributed by atoms with Gasteiger partial charge in [0.15, 0.2) is 0 Å². The van der Waals surface area contributed by atoms with Crippen molar-refractivity contribution in [1.29, 1.82) is 0 Å². The highest BCUT2D eigenvalue weighted by Gasteiger charge is 2.36. The minimum atomic E-state index is -1.19. The first-order valence-electron chi connectivity index (χ1n) is 10.2. The van der Waals surface area contributed by atoms with Crippen LogP contribution in [0.15, 0.2) is 73.3 Å². The second kappa shape index (κ2) is 9.03. The summed E-state index contributed by atoms with van der Waals surface area (Å²) in [5, 5.41) is 2.67. The lowest BCUT2D eigenvalue weighted by Gasteiger charge is -2.42. The summed E-state index contributed by atoms with van der Waals surface area (Å²) < 4.78 is 6.66. The molecule has 1 aliphatic carbocycles. The Balaban J connectivity index is 1.71. The number of hydrogen-bond acceptors (Lipinski definition) is 1. The summed E-state index contributed by atoms with van der Waals surface area (Å²) in [5.41, 5.74) is 0.324. The van der Waals surface area contributed by atoms with E-state index in [1.165, 1.54) is 29.6 Å². The van der Waals surface area contributed by atoms with Gasteiger partial charge in [-0.15, -0.1) is 6.58 Å². The van der Waals surface area contributed by atoms with Crippen LogP contribution in [0.5, 0.6) is 0 Å². The average Bonchev–Trinajstić information content (AvgIpc) is 2.69. The molecule has 0 N–H and O–H groups in total. The smallest absolute Gasteiger partial charge is 0.282 e. The Kier molecular flexibility index (Phi) is 6.72. The van der Waals surface area contributed by atoms with Crippen molar-refractivity contribution in [3.8, 4) is 0 Å². The molecular formula is C25H33OSi. The second-order valence-electron chi connectivity index (χ2n) is 8.92. The molecule has 1 saturated carbocycles. The van der Waals surface area contributed by atoms with Crippen molar-refractivity contribution in [2.75, 3.05) is 6.61 Å². The van der Waals surface area contributed by atoms with Gasteiger partial charge in [0.1, 0.15) is 0 Å². The standard InChI is InChI=1S/C25H33OSi/c1-5-21-17-16-20(18-24(21)25(2,3)4)19-26-27(22-12-8-6-9-13-22)23-14-10-7-11-15-23/h5-15,20-21,24H,1,16-19H2,2-4H3. The van der Waals surface area contributed by atoms with Gasteiger partial charge in [0.05, 0.1) is 0 Å². The number of allylic oxidation sites excluding steroid dienone is 1. The quantitative estimate of drug-likeness (QED) is 0.504. The molecule has 1 nitrogen and oxygen atoms in total. The van der Waals surface area contributed by atoms with Crippen LogP contribution in [0, 0.1) is 23.2 Å². The van der Waals surface area contributed by atoms with Crippen molar-refractivity contribution in [3.05, 3.63) is 73.3 Å². The Bertz CT molecular complexity index is 665. The molecule has 3 rings (SSSR count). The molecule has 0 saturated heterocycles. The zero-order valence-corrected chi connectivity index (χ0v) is 18.0. The summed E-state index contributed by atoms with van der Waals surface area (Å²) >= 11 is 0. The van der Waals surface area contributed by atoms with Gasteiger partial charge in [0.2, 0.25) is 0 Å². The predicted molar refractivity (Wildman–Crippen MR) is 118 cm³/mol. The van der Waals surface area contributed by atoms with Crippen molar-refractivity contribution in [2.24, 2.45) is 23.2 Å². The fourth-order valence-corrected chi connectivity index (χ4v) is 6.48. The molecule has 0 aromatic heterocycles. The molecule has 0 heterocycles. The summed E-state index contributed by atoms with van der Waals surface area (Å²) in [7, 11) is -1.19. The van der Waals surface area contributed by atoms with Crippen molar-refractivity contribution in [2.45, 2.75) is 40.0 Å². The monoisotopic (exact) mass is 377 g/mol. The predicted octanol–water partition coefficient (Wildman–Crippen LogP) is 5.07. The third-order valence-corrected chi connectivity index (χ3v) is 8.13. The van der Waals surface area contributed by atoms with Gasteiger partial charge in [-0.3, -0.25) is 0 Å². The van der Waals surface area contributed by atoms with Crippen LogP contribution >= 0.6 is 0 Å². The van der Waals surface area contributed by atoms with E-state index in [4.69, 9.17) is 4.43 Å². The fraction of sp³-hybridized carbons (Fsp3) is 0.440. The highest BCUT2D eigenvalue weighted by molar-refractivity contribution is 6.80. The van der Waals surface area contributed by atoms with E-state index in [-0.39, 0.29) is 0 Å². The van der Waals surface area contributed by atoms with Crippen molar-refractivity contribution >= 4 is 19.4 Å². The number of benzene rings is 2. The third-order valence-electron chi connectivity index (χ3n) is 5.96. The topological polar surface area (TPSA) is 9.23 Å². The van der Waals surface area contributed by atoms with E-state index in [2.05, 4.69) is 94.1 Å². The molecule has 0 bridgehead atoms. The van der Waals surface area contributed by atoms with Gasteiger partial charge in [-0.25, -0.2) is 0 Å². The Labute approximate surface area is 167 Å². The summed E-state index contributed by atoms with van der Waals surface area (Å²) in [6.07, 6.45) is 5.94. The molecule has 2 aromatic rings. The van der Waals surface area contributed by atoms with Crippen molar-refractivity contribution < 1.29 is 4.43 Å². The third kappa shape index (κ3) is 5.21. The number of rotatable bonds is 6. The van der Waals surface area contributed by atoms with Gasteiger partial charge in [0, 0.05) is 6.61 Å². The minimum Gasteiger partial charge on any atom is -0.407 e. The normalized spacial score (nSPS) is 23.3. The maximum absolute atomic E-state index is 6.66. The van der Waals surface area contributed by atoms with Crippen LogP contribution < -0.4 is 10.4 Å². The summed E-state index contributed by atoms with van der Waals surface area (Å²) in [4.78, 5) is 0. The molecule has 1 aliphatic rings. The molecule has 1 fully saturated rings. The van der Waals surface area contributed by atoms with Gasteiger partial charge >= 0.3 is 0 Å². The molecule has 27 heavy (non-hydrogen) atoms. The largest absolute Gasteiger partial charge is 0.407 e. The first-order valence-corrected chi connectivity index (χ1v) is 11.6. The van der Waals surface area contributed by atoms with Crippen LogP contribution in [-0.4, -0.2) is 15.6 Å². The van der Waals surface area contributed by atoms with Crippen molar-refractivity contribution in [3.63, 3.8) is 0 Å². The molecular weight excluding hydrogens is 344 g/mol. The molecule has 2 heteroatoms. The Morgan fingerprint density at radius 2 is 1.52 bits per heavy atom. The van der Waals surface area contributed by atoms with Crippen molar-refractivity contribution in [1.82, 2.24) is 0 Å². The highest BCUT2D eigenvalue weighted by atomic mass is 28.3. The minimum absolute atomic E-state index is 0.324. The summed E-state index contributed by atoms with van der Waals surface area (Å²) in [6, 6.07) is 21.5. The molecule has 0 aliphatic heterocycles. The molecule has 0 spiro atoms. The van der Waals surface area contributed by atoms with Crippen LogP contribution in [0.1, 0.15) is 40.0 Å². The highest BCUT2D eigenvalue weighted by Crippen LogP contribution is 2.44. The Morgan fingerprint density at radius 3 is 2.00 bits per heavy atom. The molecule has 143 valence electrons. The van der Waals surface area contributed by atoms with E-state index in [1.807, 2.05) is 0 Å². The maximum Gasteiger partial charge on any atom is 0.282 e. The molecule has 1 radical (unpaired) electrons. The van der Waals surface area contributed by atoms with Crippen LogP contribution in [0.25, 0.3) is 0 Å². The molecule has 3 atom stereocenters. The molecule has 2 aromatic carbocycles. The van der Waals surface area contributed by atoms with Gasteiger partial charge in [0.25, 0.3) is 9.04 Å². The van der Waals surface area contributed by atoms with Gasteiger partial charge in [-0.2, -0.15) is 0 Å². The first-order chi connectivity index (χ1) is 13.0. The Morgan fingerprint density at radius 1 is 0.963 bits per heavy atom. The fourth-order valence-electron chi connectivity index (χ4n) is 4.42. The van der Waals surface area contributed by atoms with E-state index in [0.717, 1.165) is 6.61 Å². The molecule has 0 amide bonds. The van der Waals surface area contributed by atoms with E-state index in [9.17, 15) is 0 Å². The Hall–Kier alpha value is -1.64.